The van der Waals surface area contributed by atoms with Gasteiger partial charge in [-0.15, -0.1) is 0 Å². The lowest BCUT2D eigenvalue weighted by atomic mass is 9.86. The van der Waals surface area contributed by atoms with E-state index in [9.17, 15) is 0 Å². The van der Waals surface area contributed by atoms with E-state index in [4.69, 9.17) is 15.2 Å². The molecule has 1 fully saturated rings. The number of fused-ring (bicyclic) bond motifs is 1. The van der Waals surface area contributed by atoms with Crippen LogP contribution < -0.4 is 5.73 Å². The van der Waals surface area contributed by atoms with Gasteiger partial charge in [-0.25, -0.2) is 0 Å². The largest absolute Gasteiger partial charge is 0.399 e. The van der Waals surface area contributed by atoms with Crippen molar-refractivity contribution >= 4 is 5.69 Å². The van der Waals surface area contributed by atoms with Gasteiger partial charge < -0.3 is 15.2 Å². The Morgan fingerprint density at radius 1 is 1.19 bits per heavy atom. The Labute approximate surface area is 95.5 Å². The molecule has 1 saturated heterocycles. The van der Waals surface area contributed by atoms with Crippen molar-refractivity contribution in [3.05, 3.63) is 28.8 Å². The molecule has 1 aromatic rings. The molecule has 86 valence electrons. The Balaban J connectivity index is 1.96. The number of nitrogens with two attached hydrogens (primary N) is 1. The topological polar surface area (TPSA) is 44.5 Å². The second-order valence-electron chi connectivity index (χ2n) is 4.76. The molecular formula is C13H17NO2. The monoisotopic (exact) mass is 219 g/mol. The van der Waals surface area contributed by atoms with Crippen LogP contribution in [0.1, 0.15) is 23.1 Å². The summed E-state index contributed by atoms with van der Waals surface area (Å²) in [4.78, 5) is 0. The maximum Gasteiger partial charge on any atom is 0.172 e. The fraction of sp³-hybridized carbons (Fsp3) is 0.538. The zero-order valence-corrected chi connectivity index (χ0v) is 9.58. The molecule has 1 aliphatic heterocycles. The third-order valence-corrected chi connectivity index (χ3v) is 3.64. The van der Waals surface area contributed by atoms with Gasteiger partial charge in [-0.3, -0.25) is 0 Å². The zero-order chi connectivity index (χ0) is 11.2. The summed E-state index contributed by atoms with van der Waals surface area (Å²) in [7, 11) is 0. The molecule has 0 amide bonds. The highest BCUT2D eigenvalue weighted by Gasteiger charge is 2.39. The van der Waals surface area contributed by atoms with E-state index < -0.39 is 0 Å². The van der Waals surface area contributed by atoms with Gasteiger partial charge in [-0.05, 0) is 36.1 Å². The second kappa shape index (κ2) is 3.47. The normalized spacial score (nSPS) is 22.3. The highest BCUT2D eigenvalue weighted by molar-refractivity contribution is 5.52. The highest BCUT2D eigenvalue weighted by Crippen LogP contribution is 2.36. The van der Waals surface area contributed by atoms with Crippen LogP contribution in [0.5, 0.6) is 0 Å². The van der Waals surface area contributed by atoms with Gasteiger partial charge in [0.25, 0.3) is 0 Å². The lowest BCUT2D eigenvalue weighted by molar-refractivity contribution is -0.163. The van der Waals surface area contributed by atoms with E-state index in [0.717, 1.165) is 38.2 Å². The third kappa shape index (κ3) is 1.51. The second-order valence-corrected chi connectivity index (χ2v) is 4.76. The van der Waals surface area contributed by atoms with E-state index in [-0.39, 0.29) is 5.79 Å². The van der Waals surface area contributed by atoms with Crippen LogP contribution >= 0.6 is 0 Å². The van der Waals surface area contributed by atoms with Crippen LogP contribution in [-0.4, -0.2) is 19.0 Å². The number of hydrogen-bond donors (Lipinski definition) is 1. The number of nitrogen functional groups attached to an aromatic ring is 1. The Morgan fingerprint density at radius 2 is 1.94 bits per heavy atom. The molecule has 0 saturated carbocycles. The van der Waals surface area contributed by atoms with E-state index in [1.165, 1.54) is 16.7 Å². The lowest BCUT2D eigenvalue weighted by Gasteiger charge is -2.33. The van der Waals surface area contributed by atoms with E-state index in [2.05, 4.69) is 19.1 Å². The first-order chi connectivity index (χ1) is 7.69. The van der Waals surface area contributed by atoms with Crippen LogP contribution in [0.15, 0.2) is 12.1 Å². The summed E-state index contributed by atoms with van der Waals surface area (Å²) in [5, 5.41) is 0. The third-order valence-electron chi connectivity index (χ3n) is 3.64. The first kappa shape index (κ1) is 10.1. The average molecular weight is 219 g/mol. The van der Waals surface area contributed by atoms with Crippen molar-refractivity contribution in [2.75, 3.05) is 18.9 Å². The fourth-order valence-corrected chi connectivity index (χ4v) is 2.68. The maximum atomic E-state index is 5.95. The van der Waals surface area contributed by atoms with Crippen molar-refractivity contribution in [2.24, 2.45) is 0 Å². The van der Waals surface area contributed by atoms with Crippen LogP contribution in [-0.2, 0) is 22.3 Å². The first-order valence-electron chi connectivity index (χ1n) is 5.84. The maximum absolute atomic E-state index is 5.95. The minimum Gasteiger partial charge on any atom is -0.399 e. The number of rotatable bonds is 0. The summed E-state index contributed by atoms with van der Waals surface area (Å²) in [6.45, 7) is 3.50. The average Bonchev–Trinajstić information content (AvgIpc) is 2.69. The molecule has 2 aliphatic rings. The van der Waals surface area contributed by atoms with Crippen LogP contribution in [0.2, 0.25) is 0 Å². The Morgan fingerprint density at radius 3 is 2.69 bits per heavy atom. The lowest BCUT2D eigenvalue weighted by Crippen LogP contribution is -2.37. The highest BCUT2D eigenvalue weighted by atomic mass is 16.7. The summed E-state index contributed by atoms with van der Waals surface area (Å²) >= 11 is 0. The standard InChI is InChI=1S/C13H17NO2/c1-9-6-10-2-3-13(15-4-5-16-13)8-11(10)7-12(9)14/h6-7H,2-5,8,14H2,1H3. The molecule has 0 radical (unpaired) electrons. The van der Waals surface area contributed by atoms with Gasteiger partial charge in [0.1, 0.15) is 0 Å². The molecule has 0 aromatic heterocycles. The molecule has 0 unspecified atom stereocenters. The van der Waals surface area contributed by atoms with Gasteiger partial charge in [0.05, 0.1) is 13.2 Å². The smallest absolute Gasteiger partial charge is 0.172 e. The molecular weight excluding hydrogens is 202 g/mol. The van der Waals surface area contributed by atoms with Crippen molar-refractivity contribution < 1.29 is 9.47 Å². The van der Waals surface area contributed by atoms with Gasteiger partial charge in [-0.1, -0.05) is 6.07 Å². The number of aryl methyl sites for hydroxylation is 2. The first-order valence-corrected chi connectivity index (χ1v) is 5.84. The summed E-state index contributed by atoms with van der Waals surface area (Å²) in [5.74, 6) is -0.352. The minimum absolute atomic E-state index is 0.352. The number of benzene rings is 1. The van der Waals surface area contributed by atoms with Crippen molar-refractivity contribution in [3.63, 3.8) is 0 Å². The Hall–Kier alpha value is -1.06. The van der Waals surface area contributed by atoms with Crippen LogP contribution in [0, 0.1) is 6.92 Å². The summed E-state index contributed by atoms with van der Waals surface area (Å²) < 4.78 is 11.5. The summed E-state index contributed by atoms with van der Waals surface area (Å²) in [6.07, 6.45) is 2.83. The molecule has 3 rings (SSSR count). The van der Waals surface area contributed by atoms with E-state index >= 15 is 0 Å². The van der Waals surface area contributed by atoms with E-state index in [1.54, 1.807) is 0 Å². The predicted octanol–water partition coefficient (Wildman–Crippen LogP) is 1.81. The molecule has 2 N–H and O–H groups in total. The molecule has 3 nitrogen and oxygen atoms in total. The van der Waals surface area contributed by atoms with Crippen molar-refractivity contribution in [1.29, 1.82) is 0 Å². The Bertz CT molecular complexity index is 422. The molecule has 3 heteroatoms. The van der Waals surface area contributed by atoms with Gasteiger partial charge in [0, 0.05) is 18.5 Å². The summed E-state index contributed by atoms with van der Waals surface area (Å²) in [5.41, 5.74) is 10.7. The van der Waals surface area contributed by atoms with E-state index in [0.29, 0.717) is 0 Å². The van der Waals surface area contributed by atoms with Gasteiger partial charge >= 0.3 is 0 Å². The molecule has 1 heterocycles. The van der Waals surface area contributed by atoms with Crippen LogP contribution in [0.3, 0.4) is 0 Å². The van der Waals surface area contributed by atoms with Crippen molar-refractivity contribution in [2.45, 2.75) is 32.0 Å². The van der Waals surface area contributed by atoms with Crippen molar-refractivity contribution in [1.82, 2.24) is 0 Å². The van der Waals surface area contributed by atoms with Gasteiger partial charge in [-0.2, -0.15) is 0 Å². The van der Waals surface area contributed by atoms with Crippen LogP contribution in [0.25, 0.3) is 0 Å². The molecule has 16 heavy (non-hydrogen) atoms. The Kier molecular flexibility index (Phi) is 2.19. The molecule has 1 aliphatic carbocycles. The fourth-order valence-electron chi connectivity index (χ4n) is 2.68. The number of ether oxygens (including phenoxy) is 2. The molecule has 0 bridgehead atoms. The SMILES string of the molecule is Cc1cc2c(cc1N)CC1(CC2)OCCO1. The number of hydrogen-bond acceptors (Lipinski definition) is 3. The van der Waals surface area contributed by atoms with Crippen molar-refractivity contribution in [3.8, 4) is 0 Å². The quantitative estimate of drug-likeness (QED) is 0.677. The summed E-state index contributed by atoms with van der Waals surface area (Å²) in [6, 6.07) is 4.28. The minimum atomic E-state index is -0.352. The van der Waals surface area contributed by atoms with Gasteiger partial charge in [0.2, 0.25) is 0 Å². The zero-order valence-electron chi connectivity index (χ0n) is 9.58. The van der Waals surface area contributed by atoms with Crippen LogP contribution in [0.4, 0.5) is 5.69 Å². The predicted molar refractivity (Wildman–Crippen MR) is 62.3 cm³/mol. The molecule has 1 aromatic carbocycles. The molecule has 1 spiro atoms. The van der Waals surface area contributed by atoms with E-state index in [1.807, 2.05) is 0 Å². The molecule has 0 atom stereocenters. The number of anilines is 1. The van der Waals surface area contributed by atoms with Gasteiger partial charge in [0.15, 0.2) is 5.79 Å².